The Kier molecular flexibility index (Phi) is 3.65. The SMILES string of the molecule is CC(C)(C)OC(=O)N1CCc2cc(C(=O)[O-])cnc2C1. The Labute approximate surface area is 117 Å². The Morgan fingerprint density at radius 2 is 2.10 bits per heavy atom. The second-order valence-corrected chi connectivity index (χ2v) is 5.77. The number of ether oxygens (including phenoxy) is 1. The Morgan fingerprint density at radius 1 is 1.40 bits per heavy atom. The van der Waals surface area contributed by atoms with E-state index in [9.17, 15) is 14.7 Å². The van der Waals surface area contributed by atoms with Gasteiger partial charge in [0.15, 0.2) is 0 Å². The minimum atomic E-state index is -1.24. The van der Waals surface area contributed by atoms with Gasteiger partial charge in [-0.3, -0.25) is 4.98 Å². The molecule has 1 amide bonds. The van der Waals surface area contributed by atoms with Crippen LogP contribution in [0.4, 0.5) is 4.79 Å². The molecule has 0 bridgehead atoms. The molecule has 6 nitrogen and oxygen atoms in total. The predicted molar refractivity (Wildman–Crippen MR) is 68.9 cm³/mol. The molecule has 0 spiro atoms. The molecule has 0 aliphatic carbocycles. The van der Waals surface area contributed by atoms with E-state index in [0.29, 0.717) is 25.2 Å². The fraction of sp³-hybridized carbons (Fsp3) is 0.500. The monoisotopic (exact) mass is 277 g/mol. The number of aromatic nitrogens is 1. The predicted octanol–water partition coefficient (Wildman–Crippen LogP) is 0.738. The quantitative estimate of drug-likeness (QED) is 0.756. The summed E-state index contributed by atoms with van der Waals surface area (Å²) in [7, 11) is 0. The number of carbonyl (C=O) groups excluding carboxylic acids is 2. The van der Waals surface area contributed by atoms with Crippen molar-refractivity contribution in [1.82, 2.24) is 9.88 Å². The second kappa shape index (κ2) is 5.11. The molecule has 0 N–H and O–H groups in total. The molecular formula is C14H17N2O4-. The number of hydrogen-bond acceptors (Lipinski definition) is 5. The molecular weight excluding hydrogens is 260 g/mol. The van der Waals surface area contributed by atoms with Crippen LogP contribution < -0.4 is 5.11 Å². The summed E-state index contributed by atoms with van der Waals surface area (Å²) >= 11 is 0. The van der Waals surface area contributed by atoms with E-state index in [-0.39, 0.29) is 11.7 Å². The van der Waals surface area contributed by atoms with Crippen LogP contribution in [0.3, 0.4) is 0 Å². The first-order valence-electron chi connectivity index (χ1n) is 6.43. The van der Waals surface area contributed by atoms with Gasteiger partial charge in [-0.1, -0.05) is 0 Å². The van der Waals surface area contributed by atoms with E-state index in [0.717, 1.165) is 5.56 Å². The highest BCUT2D eigenvalue weighted by Crippen LogP contribution is 2.20. The summed E-state index contributed by atoms with van der Waals surface area (Å²) < 4.78 is 5.31. The number of hydrogen-bond donors (Lipinski definition) is 0. The van der Waals surface area contributed by atoms with Gasteiger partial charge in [0, 0.05) is 18.3 Å². The highest BCUT2D eigenvalue weighted by molar-refractivity contribution is 5.85. The number of rotatable bonds is 1. The third-order valence-electron chi connectivity index (χ3n) is 2.94. The van der Waals surface area contributed by atoms with Crippen molar-refractivity contribution in [3.63, 3.8) is 0 Å². The fourth-order valence-corrected chi connectivity index (χ4v) is 2.01. The van der Waals surface area contributed by atoms with Gasteiger partial charge in [-0.2, -0.15) is 0 Å². The first kappa shape index (κ1) is 14.3. The number of nitrogens with zero attached hydrogens (tertiary/aromatic N) is 2. The second-order valence-electron chi connectivity index (χ2n) is 5.77. The highest BCUT2D eigenvalue weighted by Gasteiger charge is 2.26. The van der Waals surface area contributed by atoms with Crippen LogP contribution in [-0.4, -0.2) is 34.1 Å². The van der Waals surface area contributed by atoms with Gasteiger partial charge in [-0.15, -0.1) is 0 Å². The molecule has 2 rings (SSSR count). The standard InChI is InChI=1S/C14H18N2O4/c1-14(2,3)20-13(19)16-5-4-9-6-10(12(17)18)7-15-11(9)8-16/h6-7H,4-5,8H2,1-3H3,(H,17,18)/p-1. The lowest BCUT2D eigenvalue weighted by Crippen LogP contribution is -2.40. The van der Waals surface area contributed by atoms with Crippen molar-refractivity contribution in [2.75, 3.05) is 6.54 Å². The largest absolute Gasteiger partial charge is 0.545 e. The zero-order valence-corrected chi connectivity index (χ0v) is 11.8. The molecule has 0 saturated heterocycles. The third-order valence-corrected chi connectivity index (χ3v) is 2.94. The number of amides is 1. The zero-order valence-electron chi connectivity index (χ0n) is 11.8. The summed E-state index contributed by atoms with van der Waals surface area (Å²) in [6.45, 7) is 6.26. The van der Waals surface area contributed by atoms with Gasteiger partial charge in [0.25, 0.3) is 0 Å². The summed E-state index contributed by atoms with van der Waals surface area (Å²) in [5.41, 5.74) is 1.07. The molecule has 20 heavy (non-hydrogen) atoms. The Bertz CT molecular complexity index is 549. The van der Waals surface area contributed by atoms with Crippen LogP contribution in [0, 0.1) is 0 Å². The lowest BCUT2D eigenvalue weighted by atomic mass is 10.0. The van der Waals surface area contributed by atoms with E-state index in [4.69, 9.17) is 4.74 Å². The summed E-state index contributed by atoms with van der Waals surface area (Å²) in [6, 6.07) is 1.56. The van der Waals surface area contributed by atoms with Crippen LogP contribution in [0.25, 0.3) is 0 Å². The highest BCUT2D eigenvalue weighted by atomic mass is 16.6. The van der Waals surface area contributed by atoms with Crippen LogP contribution >= 0.6 is 0 Å². The van der Waals surface area contributed by atoms with Crippen molar-refractivity contribution >= 4 is 12.1 Å². The Hall–Kier alpha value is -2.11. The van der Waals surface area contributed by atoms with Gasteiger partial charge in [0.1, 0.15) is 5.60 Å². The normalized spacial score (nSPS) is 14.7. The molecule has 1 aliphatic heterocycles. The van der Waals surface area contributed by atoms with E-state index in [1.54, 1.807) is 11.0 Å². The van der Waals surface area contributed by atoms with Crippen LogP contribution in [0.5, 0.6) is 0 Å². The van der Waals surface area contributed by atoms with E-state index >= 15 is 0 Å². The summed E-state index contributed by atoms with van der Waals surface area (Å²) in [6.07, 6.45) is 1.43. The van der Waals surface area contributed by atoms with Gasteiger partial charge in [0.05, 0.1) is 18.2 Å². The number of carbonyl (C=O) groups is 2. The van der Waals surface area contributed by atoms with Crippen LogP contribution in [0.2, 0.25) is 0 Å². The molecule has 0 saturated carbocycles. The van der Waals surface area contributed by atoms with Gasteiger partial charge in [-0.25, -0.2) is 4.79 Å². The molecule has 2 heterocycles. The molecule has 0 aromatic carbocycles. The van der Waals surface area contributed by atoms with Crippen molar-refractivity contribution in [3.8, 4) is 0 Å². The molecule has 108 valence electrons. The average Bonchev–Trinajstić information content (AvgIpc) is 2.35. The van der Waals surface area contributed by atoms with Crippen molar-refractivity contribution in [1.29, 1.82) is 0 Å². The van der Waals surface area contributed by atoms with Crippen LogP contribution in [-0.2, 0) is 17.7 Å². The van der Waals surface area contributed by atoms with E-state index in [2.05, 4.69) is 4.98 Å². The van der Waals surface area contributed by atoms with Gasteiger partial charge in [0.2, 0.25) is 0 Å². The van der Waals surface area contributed by atoms with Crippen LogP contribution in [0.1, 0.15) is 42.4 Å². The summed E-state index contributed by atoms with van der Waals surface area (Å²) in [4.78, 5) is 28.4. The van der Waals surface area contributed by atoms with Crippen molar-refractivity contribution in [2.45, 2.75) is 39.3 Å². The number of carboxylic acids is 1. The lowest BCUT2D eigenvalue weighted by molar-refractivity contribution is -0.255. The van der Waals surface area contributed by atoms with Crippen molar-refractivity contribution in [2.24, 2.45) is 0 Å². The molecule has 1 aromatic heterocycles. The summed E-state index contributed by atoms with van der Waals surface area (Å²) in [5.74, 6) is -1.24. The minimum Gasteiger partial charge on any atom is -0.545 e. The maximum atomic E-state index is 12.0. The Balaban J connectivity index is 2.12. The average molecular weight is 277 g/mol. The van der Waals surface area contributed by atoms with Gasteiger partial charge < -0.3 is 19.5 Å². The maximum Gasteiger partial charge on any atom is 0.410 e. The number of carboxylic acid groups (broad SMARTS) is 1. The number of fused-ring (bicyclic) bond motifs is 1. The first-order valence-corrected chi connectivity index (χ1v) is 6.43. The maximum absolute atomic E-state index is 12.0. The Morgan fingerprint density at radius 3 is 2.70 bits per heavy atom. The molecule has 0 atom stereocenters. The van der Waals surface area contributed by atoms with Crippen molar-refractivity contribution in [3.05, 3.63) is 29.1 Å². The number of pyridine rings is 1. The molecule has 1 aromatic rings. The first-order chi connectivity index (χ1) is 9.26. The molecule has 0 unspecified atom stereocenters. The zero-order chi connectivity index (χ0) is 14.9. The molecule has 6 heteroatoms. The number of aromatic carboxylic acids is 1. The fourth-order valence-electron chi connectivity index (χ4n) is 2.01. The minimum absolute atomic E-state index is 0.0643. The molecule has 0 radical (unpaired) electrons. The summed E-state index contributed by atoms with van der Waals surface area (Å²) in [5, 5.41) is 10.8. The third kappa shape index (κ3) is 3.26. The lowest BCUT2D eigenvalue weighted by Gasteiger charge is -2.30. The van der Waals surface area contributed by atoms with Gasteiger partial charge in [-0.05, 0) is 38.8 Å². The van der Waals surface area contributed by atoms with E-state index < -0.39 is 11.6 Å². The van der Waals surface area contributed by atoms with Crippen LogP contribution in [0.15, 0.2) is 12.3 Å². The van der Waals surface area contributed by atoms with Gasteiger partial charge >= 0.3 is 6.09 Å². The van der Waals surface area contributed by atoms with E-state index in [1.165, 1.54) is 6.20 Å². The smallest absolute Gasteiger partial charge is 0.410 e. The van der Waals surface area contributed by atoms with Crippen molar-refractivity contribution < 1.29 is 19.4 Å². The molecule has 1 aliphatic rings. The topological polar surface area (TPSA) is 82.6 Å². The van der Waals surface area contributed by atoms with E-state index in [1.807, 2.05) is 20.8 Å². The molecule has 0 fully saturated rings.